The third-order valence-corrected chi connectivity index (χ3v) is 3.75. The van der Waals surface area contributed by atoms with E-state index in [4.69, 9.17) is 0 Å². The monoisotopic (exact) mass is 357 g/mol. The Morgan fingerprint density at radius 2 is 1.76 bits per heavy atom. The van der Waals surface area contributed by atoms with Crippen molar-refractivity contribution in [3.8, 4) is 0 Å². The van der Waals surface area contributed by atoms with E-state index in [1.54, 1.807) is 6.07 Å². The molecule has 1 nitrogen and oxygen atoms in total. The van der Waals surface area contributed by atoms with Crippen LogP contribution in [0.4, 0.5) is 18.9 Å². The molecule has 0 unspecified atom stereocenters. The summed E-state index contributed by atoms with van der Waals surface area (Å²) in [5, 5.41) is 2.89. The Labute approximate surface area is 130 Å². The van der Waals surface area contributed by atoms with E-state index in [-0.39, 0.29) is 5.69 Å². The Bertz CT molecular complexity index is 650. The number of nitrogens with one attached hydrogen (secondary N) is 1. The van der Waals surface area contributed by atoms with Gasteiger partial charge < -0.3 is 5.32 Å². The van der Waals surface area contributed by atoms with Gasteiger partial charge in [0.25, 0.3) is 0 Å². The molecule has 0 aliphatic heterocycles. The predicted molar refractivity (Wildman–Crippen MR) is 82.4 cm³/mol. The number of halogens is 4. The molecule has 0 amide bonds. The second-order valence-electron chi connectivity index (χ2n) is 4.97. The number of alkyl halides is 3. The van der Waals surface area contributed by atoms with Crippen molar-refractivity contribution in [2.75, 3.05) is 5.32 Å². The number of hydrogen-bond donors (Lipinski definition) is 1. The second-order valence-corrected chi connectivity index (χ2v) is 5.89. The molecule has 21 heavy (non-hydrogen) atoms. The van der Waals surface area contributed by atoms with Crippen molar-refractivity contribution in [2.24, 2.45) is 0 Å². The maximum atomic E-state index is 13.0. The molecule has 5 heteroatoms. The summed E-state index contributed by atoms with van der Waals surface area (Å²) in [6, 6.07) is 10.1. The first-order valence-corrected chi connectivity index (χ1v) is 7.23. The average molecular weight is 358 g/mol. The van der Waals surface area contributed by atoms with E-state index in [1.165, 1.54) is 6.07 Å². The molecule has 0 bridgehead atoms. The Morgan fingerprint density at radius 1 is 1.05 bits per heavy atom. The topological polar surface area (TPSA) is 12.0 Å². The number of rotatable bonds is 3. The third-order valence-electron chi connectivity index (χ3n) is 3.26. The van der Waals surface area contributed by atoms with E-state index in [2.05, 4.69) is 21.2 Å². The molecular weight excluding hydrogens is 343 g/mol. The van der Waals surface area contributed by atoms with Crippen molar-refractivity contribution in [1.29, 1.82) is 0 Å². The minimum Gasteiger partial charge on any atom is -0.380 e. The molecular formula is C16H15BrF3N. The summed E-state index contributed by atoms with van der Waals surface area (Å²) in [5.41, 5.74) is 2.56. The zero-order valence-corrected chi connectivity index (χ0v) is 13.3. The fourth-order valence-electron chi connectivity index (χ4n) is 2.09. The Hall–Kier alpha value is -1.49. The average Bonchev–Trinajstić information content (AvgIpc) is 2.40. The summed E-state index contributed by atoms with van der Waals surface area (Å²) in [6.07, 6.45) is -4.38. The van der Waals surface area contributed by atoms with Crippen molar-refractivity contribution < 1.29 is 13.2 Å². The van der Waals surface area contributed by atoms with Crippen LogP contribution in [0.1, 0.15) is 22.3 Å². The highest BCUT2D eigenvalue weighted by molar-refractivity contribution is 9.10. The highest BCUT2D eigenvalue weighted by Gasteiger charge is 2.33. The van der Waals surface area contributed by atoms with Gasteiger partial charge in [0.05, 0.1) is 5.56 Å². The van der Waals surface area contributed by atoms with Crippen LogP contribution in [0.15, 0.2) is 40.9 Å². The molecule has 0 heterocycles. The molecule has 0 spiro atoms. The standard InChI is InChI=1S/C16H15BrF3N/c1-10-3-4-11(2)12(7-10)9-21-15-6-5-13(17)8-14(15)16(18,19)20/h3-8,21H,9H2,1-2H3. The lowest BCUT2D eigenvalue weighted by Gasteiger charge is -2.16. The Morgan fingerprint density at radius 3 is 2.43 bits per heavy atom. The first-order chi connectivity index (χ1) is 9.77. The first-order valence-electron chi connectivity index (χ1n) is 6.44. The number of anilines is 1. The zero-order chi connectivity index (χ0) is 15.6. The quantitative estimate of drug-likeness (QED) is 0.743. The molecule has 2 rings (SSSR count). The van der Waals surface area contributed by atoms with Gasteiger partial charge in [0, 0.05) is 16.7 Å². The Balaban J connectivity index is 2.26. The normalized spacial score (nSPS) is 11.5. The van der Waals surface area contributed by atoms with Gasteiger partial charge in [0.1, 0.15) is 0 Å². The second kappa shape index (κ2) is 6.10. The molecule has 0 atom stereocenters. The van der Waals surface area contributed by atoms with Gasteiger partial charge in [-0.1, -0.05) is 39.7 Å². The van der Waals surface area contributed by atoms with Gasteiger partial charge in [-0.15, -0.1) is 0 Å². The van der Waals surface area contributed by atoms with Gasteiger partial charge in [-0.25, -0.2) is 0 Å². The summed E-state index contributed by atoms with van der Waals surface area (Å²) in [7, 11) is 0. The summed E-state index contributed by atoms with van der Waals surface area (Å²) < 4.78 is 39.5. The van der Waals surface area contributed by atoms with Crippen molar-refractivity contribution in [3.05, 3.63) is 63.1 Å². The van der Waals surface area contributed by atoms with E-state index >= 15 is 0 Å². The van der Waals surface area contributed by atoms with E-state index in [1.807, 2.05) is 32.0 Å². The lowest BCUT2D eigenvalue weighted by Crippen LogP contribution is -2.11. The molecule has 2 aromatic carbocycles. The van der Waals surface area contributed by atoms with E-state index in [0.29, 0.717) is 11.0 Å². The Kier molecular flexibility index (Phi) is 4.61. The van der Waals surface area contributed by atoms with Gasteiger partial charge in [0.2, 0.25) is 0 Å². The maximum absolute atomic E-state index is 13.0. The first kappa shape index (κ1) is 15.9. The molecule has 1 N–H and O–H groups in total. The molecule has 0 radical (unpaired) electrons. The third kappa shape index (κ3) is 4.00. The van der Waals surface area contributed by atoms with Gasteiger partial charge in [0.15, 0.2) is 0 Å². The van der Waals surface area contributed by atoms with Gasteiger partial charge in [-0.3, -0.25) is 0 Å². The van der Waals surface area contributed by atoms with Gasteiger partial charge in [-0.05, 0) is 43.2 Å². The van der Waals surface area contributed by atoms with Crippen LogP contribution >= 0.6 is 15.9 Å². The fraction of sp³-hybridized carbons (Fsp3) is 0.250. The van der Waals surface area contributed by atoms with Crippen molar-refractivity contribution in [1.82, 2.24) is 0 Å². The highest BCUT2D eigenvalue weighted by atomic mass is 79.9. The molecule has 0 aromatic heterocycles. The van der Waals surface area contributed by atoms with Crippen LogP contribution < -0.4 is 5.32 Å². The summed E-state index contributed by atoms with van der Waals surface area (Å²) >= 11 is 3.08. The molecule has 0 aliphatic carbocycles. The maximum Gasteiger partial charge on any atom is 0.418 e. The van der Waals surface area contributed by atoms with Crippen LogP contribution in [0.2, 0.25) is 0 Å². The van der Waals surface area contributed by atoms with Gasteiger partial charge in [-0.2, -0.15) is 13.2 Å². The van der Waals surface area contributed by atoms with Gasteiger partial charge >= 0.3 is 6.18 Å². The smallest absolute Gasteiger partial charge is 0.380 e. The van der Waals surface area contributed by atoms with E-state index in [0.717, 1.165) is 22.8 Å². The molecule has 0 fully saturated rings. The van der Waals surface area contributed by atoms with Crippen molar-refractivity contribution in [2.45, 2.75) is 26.6 Å². The van der Waals surface area contributed by atoms with E-state index in [9.17, 15) is 13.2 Å². The highest BCUT2D eigenvalue weighted by Crippen LogP contribution is 2.36. The largest absolute Gasteiger partial charge is 0.418 e. The lowest BCUT2D eigenvalue weighted by atomic mass is 10.1. The molecule has 0 aliphatic rings. The van der Waals surface area contributed by atoms with Crippen LogP contribution in [0.25, 0.3) is 0 Å². The van der Waals surface area contributed by atoms with Crippen LogP contribution in [-0.2, 0) is 12.7 Å². The molecule has 0 saturated carbocycles. The summed E-state index contributed by atoms with van der Waals surface area (Å²) in [5.74, 6) is 0. The van der Waals surface area contributed by atoms with Crippen LogP contribution in [0, 0.1) is 13.8 Å². The van der Waals surface area contributed by atoms with E-state index < -0.39 is 11.7 Å². The lowest BCUT2D eigenvalue weighted by molar-refractivity contribution is -0.137. The van der Waals surface area contributed by atoms with Crippen LogP contribution in [0.3, 0.4) is 0 Å². The molecule has 0 saturated heterocycles. The number of benzene rings is 2. The summed E-state index contributed by atoms with van der Waals surface area (Å²) in [6.45, 7) is 4.27. The minimum atomic E-state index is -4.38. The van der Waals surface area contributed by atoms with Crippen LogP contribution in [-0.4, -0.2) is 0 Å². The number of aryl methyl sites for hydroxylation is 2. The summed E-state index contributed by atoms with van der Waals surface area (Å²) in [4.78, 5) is 0. The number of hydrogen-bond acceptors (Lipinski definition) is 1. The predicted octanol–water partition coefficient (Wildman–Crippen LogP) is 5.70. The minimum absolute atomic E-state index is 0.0895. The fourth-order valence-corrected chi connectivity index (χ4v) is 2.45. The van der Waals surface area contributed by atoms with Crippen molar-refractivity contribution in [3.63, 3.8) is 0 Å². The SMILES string of the molecule is Cc1ccc(C)c(CNc2ccc(Br)cc2C(F)(F)F)c1. The van der Waals surface area contributed by atoms with Crippen LogP contribution in [0.5, 0.6) is 0 Å². The zero-order valence-electron chi connectivity index (χ0n) is 11.7. The molecule has 2 aromatic rings. The van der Waals surface area contributed by atoms with Crippen molar-refractivity contribution >= 4 is 21.6 Å². The molecule has 112 valence electrons.